The van der Waals surface area contributed by atoms with Gasteiger partial charge in [0.05, 0.1) is 7.11 Å². The van der Waals surface area contributed by atoms with E-state index in [0.29, 0.717) is 12.3 Å². The van der Waals surface area contributed by atoms with E-state index in [1.807, 2.05) is 12.1 Å². The summed E-state index contributed by atoms with van der Waals surface area (Å²) in [5.41, 5.74) is 7.09. The van der Waals surface area contributed by atoms with E-state index in [0.717, 1.165) is 38.1 Å². The van der Waals surface area contributed by atoms with Crippen molar-refractivity contribution in [2.24, 2.45) is 16.3 Å². The van der Waals surface area contributed by atoms with Crippen LogP contribution in [0.15, 0.2) is 29.4 Å². The monoisotopic (exact) mass is 277 g/mol. The second-order valence-electron chi connectivity index (χ2n) is 5.54. The molecule has 0 unspecified atom stereocenters. The fourth-order valence-electron chi connectivity index (χ4n) is 2.39. The number of nitrogens with zero attached hydrogens (tertiary/aromatic N) is 1. The van der Waals surface area contributed by atoms with Crippen LogP contribution in [0.5, 0.6) is 5.75 Å². The summed E-state index contributed by atoms with van der Waals surface area (Å²) in [6, 6.07) is 8.14. The molecule has 5 nitrogen and oxygen atoms in total. The molecule has 20 heavy (non-hydrogen) atoms. The fraction of sp³-hybridized carbons (Fsp3) is 0.533. The van der Waals surface area contributed by atoms with Crippen LogP contribution in [0.3, 0.4) is 0 Å². The van der Waals surface area contributed by atoms with Gasteiger partial charge in [-0.3, -0.25) is 0 Å². The Hall–Kier alpha value is -1.75. The minimum absolute atomic E-state index is 0.218. The Morgan fingerprint density at radius 1 is 1.40 bits per heavy atom. The maximum Gasteiger partial charge on any atom is 0.139 e. The Morgan fingerprint density at radius 3 is 2.65 bits per heavy atom. The highest BCUT2D eigenvalue weighted by Gasteiger charge is 2.42. The number of amidine groups is 1. The summed E-state index contributed by atoms with van der Waals surface area (Å²) in [5.74, 6) is 1.22. The summed E-state index contributed by atoms with van der Waals surface area (Å²) in [6.45, 7) is 1.86. The molecule has 0 radical (unpaired) electrons. The summed E-state index contributed by atoms with van der Waals surface area (Å²) in [5, 5.41) is 15.2. The summed E-state index contributed by atoms with van der Waals surface area (Å²) in [6.07, 6.45) is 3.97. The summed E-state index contributed by atoms with van der Waals surface area (Å²) in [7, 11) is 1.67. The molecule has 0 aromatic heterocycles. The van der Waals surface area contributed by atoms with Crippen LogP contribution in [-0.2, 0) is 6.42 Å². The molecule has 1 saturated carbocycles. The molecule has 1 aliphatic carbocycles. The first kappa shape index (κ1) is 14.7. The fourth-order valence-corrected chi connectivity index (χ4v) is 2.39. The zero-order chi connectivity index (χ0) is 14.4. The van der Waals surface area contributed by atoms with Gasteiger partial charge in [-0.1, -0.05) is 17.3 Å². The lowest BCUT2D eigenvalue weighted by molar-refractivity contribution is 0.314. The van der Waals surface area contributed by atoms with E-state index >= 15 is 0 Å². The molecule has 1 aromatic carbocycles. The van der Waals surface area contributed by atoms with Crippen molar-refractivity contribution >= 4 is 5.84 Å². The van der Waals surface area contributed by atoms with Crippen molar-refractivity contribution in [3.63, 3.8) is 0 Å². The van der Waals surface area contributed by atoms with E-state index in [1.165, 1.54) is 5.56 Å². The van der Waals surface area contributed by atoms with Crippen LogP contribution >= 0.6 is 0 Å². The number of ether oxygens (including phenoxy) is 1. The van der Waals surface area contributed by atoms with Gasteiger partial charge in [0.2, 0.25) is 0 Å². The van der Waals surface area contributed by atoms with Crippen molar-refractivity contribution in [3.05, 3.63) is 29.8 Å². The van der Waals surface area contributed by atoms with E-state index in [9.17, 15) is 0 Å². The van der Waals surface area contributed by atoms with Crippen molar-refractivity contribution in [3.8, 4) is 5.75 Å². The molecule has 1 aromatic rings. The highest BCUT2D eigenvalue weighted by Crippen LogP contribution is 2.48. The molecule has 0 saturated heterocycles. The Bertz CT molecular complexity index is 453. The lowest BCUT2D eigenvalue weighted by Crippen LogP contribution is -2.29. The lowest BCUT2D eigenvalue weighted by Gasteiger charge is -2.15. The van der Waals surface area contributed by atoms with E-state index in [2.05, 4.69) is 22.6 Å². The summed E-state index contributed by atoms with van der Waals surface area (Å²) >= 11 is 0. The van der Waals surface area contributed by atoms with Crippen LogP contribution in [0.1, 0.15) is 24.8 Å². The lowest BCUT2D eigenvalue weighted by atomic mass is 10.0. The number of benzene rings is 1. The third-order valence-electron chi connectivity index (χ3n) is 3.89. The van der Waals surface area contributed by atoms with Crippen molar-refractivity contribution in [2.75, 3.05) is 20.2 Å². The zero-order valence-corrected chi connectivity index (χ0v) is 11.9. The van der Waals surface area contributed by atoms with Crippen LogP contribution in [0.4, 0.5) is 0 Å². The average Bonchev–Trinajstić information content (AvgIpc) is 3.24. The molecule has 1 aliphatic rings. The van der Waals surface area contributed by atoms with E-state index in [-0.39, 0.29) is 5.41 Å². The summed E-state index contributed by atoms with van der Waals surface area (Å²) < 4.78 is 5.14. The van der Waals surface area contributed by atoms with Crippen molar-refractivity contribution in [1.29, 1.82) is 0 Å². The molecule has 0 spiro atoms. The minimum atomic E-state index is 0.218. The number of rotatable bonds is 8. The smallest absolute Gasteiger partial charge is 0.139 e. The average molecular weight is 277 g/mol. The van der Waals surface area contributed by atoms with Gasteiger partial charge in [-0.05, 0) is 48.9 Å². The first-order chi connectivity index (χ1) is 9.67. The Morgan fingerprint density at radius 2 is 2.10 bits per heavy atom. The zero-order valence-electron chi connectivity index (χ0n) is 11.9. The van der Waals surface area contributed by atoms with Crippen molar-refractivity contribution in [1.82, 2.24) is 5.32 Å². The first-order valence-corrected chi connectivity index (χ1v) is 6.97. The largest absolute Gasteiger partial charge is 0.497 e. The van der Waals surface area contributed by atoms with Gasteiger partial charge in [-0.25, -0.2) is 0 Å². The van der Waals surface area contributed by atoms with Crippen molar-refractivity contribution in [2.45, 2.75) is 25.7 Å². The number of hydrogen-bond donors (Lipinski definition) is 3. The van der Waals surface area contributed by atoms with E-state index < -0.39 is 0 Å². The standard InChI is InChI=1S/C15H23N3O2/c1-20-13-4-2-12(3-5-13)6-9-17-11-15(7-8-15)10-14(16)18-19/h2-5,17,19H,6-11H2,1H3,(H2,16,18). The predicted molar refractivity (Wildman–Crippen MR) is 79.3 cm³/mol. The molecule has 1 fully saturated rings. The van der Waals surface area contributed by atoms with Gasteiger partial charge in [-0.15, -0.1) is 0 Å². The number of nitrogens with two attached hydrogens (primary N) is 1. The molecule has 0 bridgehead atoms. The SMILES string of the molecule is COc1ccc(CCNCC2(CC(N)=NO)CC2)cc1. The molecule has 0 amide bonds. The summed E-state index contributed by atoms with van der Waals surface area (Å²) in [4.78, 5) is 0. The predicted octanol–water partition coefficient (Wildman–Crippen LogP) is 1.74. The second kappa shape index (κ2) is 6.61. The number of nitrogens with one attached hydrogen (secondary N) is 1. The molecule has 5 heteroatoms. The van der Waals surface area contributed by atoms with Gasteiger partial charge in [0.25, 0.3) is 0 Å². The van der Waals surface area contributed by atoms with E-state index in [4.69, 9.17) is 15.7 Å². The molecule has 110 valence electrons. The van der Waals surface area contributed by atoms with Gasteiger partial charge in [-0.2, -0.15) is 0 Å². The number of hydrogen-bond acceptors (Lipinski definition) is 4. The Labute approximate surface area is 119 Å². The topological polar surface area (TPSA) is 79.9 Å². The third kappa shape index (κ3) is 4.13. The van der Waals surface area contributed by atoms with Gasteiger partial charge >= 0.3 is 0 Å². The maximum atomic E-state index is 8.62. The maximum absolute atomic E-state index is 8.62. The molecule has 0 heterocycles. The van der Waals surface area contributed by atoms with Crippen LogP contribution in [0.2, 0.25) is 0 Å². The van der Waals surface area contributed by atoms with Gasteiger partial charge in [0.1, 0.15) is 11.6 Å². The Kier molecular flexibility index (Phi) is 4.84. The second-order valence-corrected chi connectivity index (χ2v) is 5.54. The number of methoxy groups -OCH3 is 1. The molecular formula is C15H23N3O2. The van der Waals surface area contributed by atoms with Crippen molar-refractivity contribution < 1.29 is 9.94 Å². The van der Waals surface area contributed by atoms with Crippen LogP contribution in [0, 0.1) is 5.41 Å². The van der Waals surface area contributed by atoms with Gasteiger partial charge in [0.15, 0.2) is 0 Å². The van der Waals surface area contributed by atoms with Crippen LogP contribution in [0.25, 0.3) is 0 Å². The molecule has 2 rings (SSSR count). The van der Waals surface area contributed by atoms with Gasteiger partial charge in [0, 0.05) is 13.0 Å². The first-order valence-electron chi connectivity index (χ1n) is 6.97. The highest BCUT2D eigenvalue weighted by molar-refractivity contribution is 5.80. The minimum Gasteiger partial charge on any atom is -0.497 e. The Balaban J connectivity index is 1.68. The molecular weight excluding hydrogens is 254 g/mol. The normalized spacial score (nSPS) is 16.9. The quantitative estimate of drug-likeness (QED) is 0.222. The molecule has 0 atom stereocenters. The third-order valence-corrected chi connectivity index (χ3v) is 3.89. The number of oxime groups is 1. The highest BCUT2D eigenvalue weighted by atomic mass is 16.5. The van der Waals surface area contributed by atoms with Crippen LogP contribution < -0.4 is 15.8 Å². The van der Waals surface area contributed by atoms with Gasteiger partial charge < -0.3 is 21.0 Å². The molecule has 4 N–H and O–H groups in total. The molecule has 0 aliphatic heterocycles. The van der Waals surface area contributed by atoms with Crippen LogP contribution in [-0.4, -0.2) is 31.2 Å². The van der Waals surface area contributed by atoms with E-state index in [1.54, 1.807) is 7.11 Å².